The van der Waals surface area contributed by atoms with Crippen molar-refractivity contribution in [3.63, 3.8) is 0 Å². The molecule has 1 heterocycles. The number of carbonyl (C=O) groups excluding carboxylic acids is 1. The van der Waals surface area contributed by atoms with Gasteiger partial charge in [0, 0.05) is 32.5 Å². The lowest BCUT2D eigenvalue weighted by Gasteiger charge is -2.08. The molecule has 1 aromatic heterocycles. The van der Waals surface area contributed by atoms with Gasteiger partial charge in [0.2, 0.25) is 10.0 Å². The van der Waals surface area contributed by atoms with Crippen LogP contribution in [0.1, 0.15) is 10.4 Å². The minimum atomic E-state index is -3.67. The predicted molar refractivity (Wildman–Crippen MR) is 102 cm³/mol. The molecule has 0 radical (unpaired) electrons. The Morgan fingerprint density at radius 3 is 2.56 bits per heavy atom. The zero-order valence-corrected chi connectivity index (χ0v) is 16.4. The number of carbonyl (C=O) groups is 1. The van der Waals surface area contributed by atoms with Gasteiger partial charge in [-0.1, -0.05) is 23.5 Å². The van der Waals surface area contributed by atoms with Crippen molar-refractivity contribution in [3.8, 4) is 0 Å². The van der Waals surface area contributed by atoms with E-state index < -0.39 is 15.9 Å². The van der Waals surface area contributed by atoms with Crippen LogP contribution in [0.25, 0.3) is 0 Å². The fourth-order valence-electron chi connectivity index (χ4n) is 2.03. The van der Waals surface area contributed by atoms with Crippen molar-refractivity contribution >= 4 is 38.1 Å². The van der Waals surface area contributed by atoms with Gasteiger partial charge >= 0.3 is 0 Å². The van der Waals surface area contributed by atoms with Crippen LogP contribution in [0.3, 0.4) is 0 Å². The number of sulfonamides is 1. The summed E-state index contributed by atoms with van der Waals surface area (Å²) in [7, 11) is -0.632. The molecule has 0 aliphatic rings. The molecule has 0 fully saturated rings. The van der Waals surface area contributed by atoms with E-state index in [0.29, 0.717) is 11.7 Å². The third-order valence-corrected chi connectivity index (χ3v) is 5.70. The smallest absolute Gasteiger partial charge is 0.275 e. The minimum Gasteiger partial charge on any atom is -0.383 e. The quantitative estimate of drug-likeness (QED) is 0.397. The molecule has 2 aromatic rings. The Morgan fingerprint density at radius 2 is 1.93 bits per heavy atom. The van der Waals surface area contributed by atoms with Crippen LogP contribution in [0.4, 0.5) is 5.13 Å². The fourth-order valence-corrected chi connectivity index (χ4v) is 3.82. The lowest BCUT2D eigenvalue weighted by Crippen LogP contribution is -2.27. The number of rotatable bonds is 10. The topological polar surface area (TPSA) is 130 Å². The molecule has 0 spiro atoms. The first-order valence-electron chi connectivity index (χ1n) is 7.80. The number of amides is 1. The first-order chi connectivity index (χ1) is 12.9. The van der Waals surface area contributed by atoms with Gasteiger partial charge in [-0.2, -0.15) is 0 Å². The third-order valence-electron chi connectivity index (χ3n) is 3.34. The molecule has 3 N–H and O–H groups in total. The molecule has 0 aliphatic carbocycles. The van der Waals surface area contributed by atoms with E-state index in [4.69, 9.17) is 14.9 Å². The number of hydrogen-bond acceptors (Lipinski definition) is 8. The van der Waals surface area contributed by atoms with Crippen molar-refractivity contribution in [2.24, 2.45) is 0 Å². The molecule has 1 aromatic carbocycles. The minimum absolute atomic E-state index is 0.0414. The molecular formula is C16H20N4O5S2. The van der Waals surface area contributed by atoms with Gasteiger partial charge in [-0.05, 0) is 12.1 Å². The lowest BCUT2D eigenvalue weighted by atomic mass is 10.1. The van der Waals surface area contributed by atoms with Gasteiger partial charge in [-0.3, -0.25) is 15.5 Å². The summed E-state index contributed by atoms with van der Waals surface area (Å²) in [6, 6.07) is 5.49. The van der Waals surface area contributed by atoms with E-state index in [-0.39, 0.29) is 29.3 Å². The summed E-state index contributed by atoms with van der Waals surface area (Å²) >= 11 is 1.25. The lowest BCUT2D eigenvalue weighted by molar-refractivity contribution is -0.110. The average molecular weight is 412 g/mol. The number of thiazole rings is 1. The van der Waals surface area contributed by atoms with E-state index in [1.165, 1.54) is 42.7 Å². The van der Waals surface area contributed by atoms with Gasteiger partial charge < -0.3 is 9.47 Å². The van der Waals surface area contributed by atoms with Gasteiger partial charge in [-0.15, -0.1) is 0 Å². The van der Waals surface area contributed by atoms with E-state index in [2.05, 4.69) is 15.0 Å². The fraction of sp³-hybridized carbons (Fsp3) is 0.312. The second-order valence-electron chi connectivity index (χ2n) is 5.31. The molecule has 0 atom stereocenters. The summed E-state index contributed by atoms with van der Waals surface area (Å²) in [6.07, 6.45) is 1.59. The highest BCUT2D eigenvalue weighted by Crippen LogP contribution is 2.19. The second kappa shape index (κ2) is 9.67. The summed E-state index contributed by atoms with van der Waals surface area (Å²) in [5.41, 5.74) is -0.00760. The van der Waals surface area contributed by atoms with Crippen molar-refractivity contribution in [1.29, 1.82) is 5.41 Å². The molecule has 27 heavy (non-hydrogen) atoms. The van der Waals surface area contributed by atoms with E-state index in [0.717, 1.165) is 4.88 Å². The van der Waals surface area contributed by atoms with Crippen LogP contribution in [-0.2, 0) is 30.9 Å². The zero-order chi connectivity index (χ0) is 19.9. The molecule has 146 valence electrons. The third kappa shape index (κ3) is 5.91. The van der Waals surface area contributed by atoms with E-state index >= 15 is 0 Å². The summed E-state index contributed by atoms with van der Waals surface area (Å²) in [4.78, 5) is 17.1. The van der Waals surface area contributed by atoms with Crippen LogP contribution in [0.15, 0.2) is 35.4 Å². The number of hydrogen-bond donors (Lipinski definition) is 3. The number of ether oxygens (including phenoxy) is 2. The Hall–Kier alpha value is -2.18. The molecule has 0 saturated carbocycles. The average Bonchev–Trinajstić information content (AvgIpc) is 3.08. The van der Waals surface area contributed by atoms with E-state index in [9.17, 15) is 13.2 Å². The van der Waals surface area contributed by atoms with Crippen LogP contribution < -0.4 is 10.0 Å². The Labute approximate surface area is 161 Å². The Kier molecular flexibility index (Phi) is 7.56. The summed E-state index contributed by atoms with van der Waals surface area (Å²) < 4.78 is 36.4. The van der Waals surface area contributed by atoms with Crippen molar-refractivity contribution in [2.75, 3.05) is 32.7 Å². The molecular weight excluding hydrogens is 392 g/mol. The molecule has 1 amide bonds. The highest BCUT2D eigenvalue weighted by molar-refractivity contribution is 7.89. The summed E-state index contributed by atoms with van der Waals surface area (Å²) in [5, 5.41) is 10.9. The second-order valence-corrected chi connectivity index (χ2v) is 8.19. The molecule has 0 bridgehead atoms. The normalized spacial score (nSPS) is 11.3. The van der Waals surface area contributed by atoms with Gasteiger partial charge in [0.05, 0.1) is 23.0 Å². The molecule has 0 unspecified atom stereocenters. The maximum Gasteiger partial charge on any atom is 0.275 e. The van der Waals surface area contributed by atoms with Crippen molar-refractivity contribution in [3.05, 3.63) is 40.9 Å². The van der Waals surface area contributed by atoms with Gasteiger partial charge in [0.15, 0.2) is 5.13 Å². The summed E-state index contributed by atoms with van der Waals surface area (Å²) in [5.74, 6) is -0.637. The maximum atomic E-state index is 12.2. The van der Waals surface area contributed by atoms with E-state index in [1.807, 2.05) is 0 Å². The number of anilines is 1. The SMILES string of the molecule is COCCNS(=O)(=O)c1ccc(C(=N)C(=O)Nc2ncc(COC)s2)cc1. The largest absolute Gasteiger partial charge is 0.383 e. The van der Waals surface area contributed by atoms with Crippen LogP contribution in [-0.4, -0.2) is 52.4 Å². The first kappa shape index (κ1) is 21.1. The van der Waals surface area contributed by atoms with Gasteiger partial charge in [-0.25, -0.2) is 18.1 Å². The number of nitrogens with zero attached hydrogens (tertiary/aromatic N) is 1. The Balaban J connectivity index is 2.02. The van der Waals surface area contributed by atoms with Crippen LogP contribution in [0.5, 0.6) is 0 Å². The van der Waals surface area contributed by atoms with E-state index in [1.54, 1.807) is 13.3 Å². The Morgan fingerprint density at radius 1 is 1.22 bits per heavy atom. The maximum absolute atomic E-state index is 12.2. The number of nitrogens with one attached hydrogen (secondary N) is 3. The monoisotopic (exact) mass is 412 g/mol. The van der Waals surface area contributed by atoms with Crippen LogP contribution in [0.2, 0.25) is 0 Å². The standard InChI is InChI=1S/C16H20N4O5S2/c1-24-8-7-19-27(22,23)13-5-3-11(4-6-13)14(17)15(21)20-16-18-9-12(26-16)10-25-2/h3-6,9,17,19H,7-8,10H2,1-2H3,(H,18,20,21). The predicted octanol–water partition coefficient (Wildman–Crippen LogP) is 1.22. The molecule has 11 heteroatoms. The molecule has 2 rings (SSSR count). The van der Waals surface area contributed by atoms with Gasteiger partial charge in [0.25, 0.3) is 5.91 Å². The number of benzene rings is 1. The zero-order valence-electron chi connectivity index (χ0n) is 14.8. The molecule has 0 aliphatic heterocycles. The number of methoxy groups -OCH3 is 2. The van der Waals surface area contributed by atoms with Crippen molar-refractivity contribution < 1.29 is 22.7 Å². The first-order valence-corrected chi connectivity index (χ1v) is 10.1. The highest BCUT2D eigenvalue weighted by atomic mass is 32.2. The van der Waals surface area contributed by atoms with Crippen LogP contribution in [0, 0.1) is 5.41 Å². The van der Waals surface area contributed by atoms with Crippen LogP contribution >= 0.6 is 11.3 Å². The summed E-state index contributed by atoms with van der Waals surface area (Å²) in [6.45, 7) is 0.794. The highest BCUT2D eigenvalue weighted by Gasteiger charge is 2.17. The Bertz CT molecular complexity index is 894. The molecule has 0 saturated heterocycles. The number of aromatic nitrogens is 1. The van der Waals surface area contributed by atoms with Crippen molar-refractivity contribution in [2.45, 2.75) is 11.5 Å². The van der Waals surface area contributed by atoms with Gasteiger partial charge in [0.1, 0.15) is 5.71 Å². The molecule has 9 nitrogen and oxygen atoms in total. The van der Waals surface area contributed by atoms with Crippen molar-refractivity contribution in [1.82, 2.24) is 9.71 Å².